The second-order valence-corrected chi connectivity index (χ2v) is 7.52. The van der Waals surface area contributed by atoms with Gasteiger partial charge in [-0.2, -0.15) is 0 Å². The molecule has 2 heterocycles. The SMILES string of the molecule is CCOP(=O)(CCCn1cnc2c1c(=O)n(C)c(=O)n2C)OCC. The molecule has 2 aromatic heterocycles. The zero-order valence-corrected chi connectivity index (χ0v) is 15.3. The molecule has 0 aromatic carbocycles. The van der Waals surface area contributed by atoms with E-state index in [1.165, 1.54) is 17.9 Å². The number of aromatic nitrogens is 4. The molecule has 0 saturated heterocycles. The highest BCUT2D eigenvalue weighted by Crippen LogP contribution is 2.48. The zero-order valence-electron chi connectivity index (χ0n) is 14.4. The topological polar surface area (TPSA) is 97.4 Å². The van der Waals surface area contributed by atoms with E-state index in [0.717, 1.165) is 4.57 Å². The fourth-order valence-corrected chi connectivity index (χ4v) is 4.21. The van der Waals surface area contributed by atoms with E-state index >= 15 is 0 Å². The Bertz CT molecular complexity index is 872. The first-order chi connectivity index (χ1) is 11.3. The number of rotatable bonds is 8. The van der Waals surface area contributed by atoms with Crippen molar-refractivity contribution in [2.75, 3.05) is 19.4 Å². The minimum Gasteiger partial charge on any atom is -0.325 e. The monoisotopic (exact) mass is 358 g/mol. The Labute approximate surface area is 139 Å². The Balaban J connectivity index is 2.24. The molecule has 0 atom stereocenters. The van der Waals surface area contributed by atoms with Gasteiger partial charge in [-0.25, -0.2) is 9.78 Å². The van der Waals surface area contributed by atoms with Crippen LogP contribution in [0.5, 0.6) is 0 Å². The number of nitrogens with zero attached hydrogens (tertiary/aromatic N) is 4. The van der Waals surface area contributed by atoms with Crippen molar-refractivity contribution < 1.29 is 13.6 Å². The van der Waals surface area contributed by atoms with Crippen molar-refractivity contribution in [1.82, 2.24) is 18.7 Å². The van der Waals surface area contributed by atoms with Crippen molar-refractivity contribution in [2.45, 2.75) is 26.8 Å². The van der Waals surface area contributed by atoms with Crippen LogP contribution in [0.4, 0.5) is 0 Å². The number of fused-ring (bicyclic) bond motifs is 1. The van der Waals surface area contributed by atoms with E-state index in [4.69, 9.17) is 9.05 Å². The molecule has 0 aliphatic heterocycles. The molecular formula is C14H23N4O5P. The van der Waals surface area contributed by atoms with Crippen LogP contribution < -0.4 is 11.2 Å². The summed E-state index contributed by atoms with van der Waals surface area (Å²) in [4.78, 5) is 28.4. The maximum Gasteiger partial charge on any atom is 0.332 e. The van der Waals surface area contributed by atoms with E-state index in [-0.39, 0.29) is 6.16 Å². The van der Waals surface area contributed by atoms with Gasteiger partial charge in [0, 0.05) is 20.6 Å². The molecule has 2 rings (SSSR count). The van der Waals surface area contributed by atoms with E-state index in [1.54, 1.807) is 25.5 Å². The smallest absolute Gasteiger partial charge is 0.325 e. The number of hydrogen-bond acceptors (Lipinski definition) is 6. The molecule has 0 fully saturated rings. The zero-order chi connectivity index (χ0) is 17.9. The number of aryl methyl sites for hydroxylation is 2. The molecule has 24 heavy (non-hydrogen) atoms. The van der Waals surface area contributed by atoms with Gasteiger partial charge in [-0.05, 0) is 20.3 Å². The lowest BCUT2D eigenvalue weighted by Crippen LogP contribution is -2.37. The Hall–Kier alpha value is -1.70. The predicted octanol–water partition coefficient (Wildman–Crippen LogP) is 1.09. The third-order valence-electron chi connectivity index (χ3n) is 3.70. The van der Waals surface area contributed by atoms with E-state index in [1.807, 2.05) is 0 Å². The van der Waals surface area contributed by atoms with Crippen molar-refractivity contribution in [3.05, 3.63) is 27.2 Å². The molecule has 0 bridgehead atoms. The summed E-state index contributed by atoms with van der Waals surface area (Å²) >= 11 is 0. The first-order valence-corrected chi connectivity index (χ1v) is 9.56. The van der Waals surface area contributed by atoms with Crippen LogP contribution in [-0.4, -0.2) is 38.1 Å². The normalized spacial score (nSPS) is 12.2. The largest absolute Gasteiger partial charge is 0.332 e. The van der Waals surface area contributed by atoms with Crippen LogP contribution in [-0.2, 0) is 34.3 Å². The summed E-state index contributed by atoms with van der Waals surface area (Å²) in [5.41, 5.74) is -0.138. The second kappa shape index (κ2) is 7.46. The highest BCUT2D eigenvalue weighted by molar-refractivity contribution is 7.53. The van der Waals surface area contributed by atoms with Crippen LogP contribution in [0.3, 0.4) is 0 Å². The molecule has 0 radical (unpaired) electrons. The number of hydrogen-bond donors (Lipinski definition) is 0. The van der Waals surface area contributed by atoms with Gasteiger partial charge in [-0.15, -0.1) is 0 Å². The van der Waals surface area contributed by atoms with Gasteiger partial charge in [0.2, 0.25) is 0 Å². The van der Waals surface area contributed by atoms with Crippen molar-refractivity contribution in [1.29, 1.82) is 0 Å². The quantitative estimate of drug-likeness (QED) is 0.655. The van der Waals surface area contributed by atoms with Gasteiger partial charge in [0.1, 0.15) is 0 Å². The van der Waals surface area contributed by atoms with Crippen molar-refractivity contribution in [3.8, 4) is 0 Å². The first-order valence-electron chi connectivity index (χ1n) is 7.83. The van der Waals surface area contributed by atoms with Gasteiger partial charge in [0.15, 0.2) is 11.2 Å². The summed E-state index contributed by atoms with van der Waals surface area (Å²) in [7, 11) is -0.109. The van der Waals surface area contributed by atoms with E-state index in [2.05, 4.69) is 4.98 Å². The van der Waals surface area contributed by atoms with Gasteiger partial charge in [0.05, 0.1) is 25.7 Å². The van der Waals surface area contributed by atoms with Crippen LogP contribution in [0.15, 0.2) is 15.9 Å². The van der Waals surface area contributed by atoms with Gasteiger partial charge in [0.25, 0.3) is 5.56 Å². The molecule has 0 aliphatic carbocycles. The molecule has 10 heteroatoms. The summed E-state index contributed by atoms with van der Waals surface area (Å²) in [6.07, 6.45) is 2.26. The van der Waals surface area contributed by atoms with Gasteiger partial charge >= 0.3 is 13.3 Å². The third-order valence-corrected chi connectivity index (χ3v) is 5.87. The maximum absolute atomic E-state index is 12.4. The predicted molar refractivity (Wildman–Crippen MR) is 90.6 cm³/mol. The Morgan fingerprint density at radius 3 is 2.33 bits per heavy atom. The molecule has 0 aliphatic rings. The van der Waals surface area contributed by atoms with Gasteiger partial charge < -0.3 is 13.6 Å². The van der Waals surface area contributed by atoms with Crippen LogP contribution in [0.2, 0.25) is 0 Å². The van der Waals surface area contributed by atoms with Crippen molar-refractivity contribution in [2.24, 2.45) is 14.1 Å². The fraction of sp³-hybridized carbons (Fsp3) is 0.643. The van der Waals surface area contributed by atoms with E-state index in [0.29, 0.717) is 37.3 Å². The highest BCUT2D eigenvalue weighted by Gasteiger charge is 2.23. The van der Waals surface area contributed by atoms with Crippen molar-refractivity contribution >= 4 is 18.8 Å². The molecule has 0 spiro atoms. The van der Waals surface area contributed by atoms with E-state index in [9.17, 15) is 14.2 Å². The summed E-state index contributed by atoms with van der Waals surface area (Å²) in [5.74, 6) is 0. The maximum atomic E-state index is 12.4. The summed E-state index contributed by atoms with van der Waals surface area (Å²) in [6.45, 7) is 4.58. The van der Waals surface area contributed by atoms with Crippen LogP contribution >= 0.6 is 7.60 Å². The standard InChI is InChI=1S/C14H23N4O5P/c1-5-22-24(21,23-6-2)9-7-8-18-10-15-12-11(18)13(19)17(4)14(20)16(12)3/h10H,5-9H2,1-4H3. The van der Waals surface area contributed by atoms with E-state index < -0.39 is 18.8 Å². The molecule has 134 valence electrons. The van der Waals surface area contributed by atoms with Gasteiger partial charge in [-0.1, -0.05) is 0 Å². The Kier molecular flexibility index (Phi) is 5.79. The minimum atomic E-state index is -3.11. The fourth-order valence-electron chi connectivity index (χ4n) is 2.56. The summed E-state index contributed by atoms with van der Waals surface area (Å²) in [5, 5.41) is 0. The molecule has 2 aromatic rings. The van der Waals surface area contributed by atoms with Crippen LogP contribution in [0.1, 0.15) is 20.3 Å². The highest BCUT2D eigenvalue weighted by atomic mass is 31.2. The first kappa shape index (κ1) is 18.6. The van der Waals surface area contributed by atoms with Gasteiger partial charge in [-0.3, -0.25) is 18.5 Å². The van der Waals surface area contributed by atoms with Crippen molar-refractivity contribution in [3.63, 3.8) is 0 Å². The Morgan fingerprint density at radius 2 is 1.75 bits per heavy atom. The van der Waals surface area contributed by atoms with Crippen LogP contribution in [0.25, 0.3) is 11.2 Å². The molecular weight excluding hydrogens is 335 g/mol. The minimum absolute atomic E-state index is 0.250. The lowest BCUT2D eigenvalue weighted by molar-refractivity contribution is 0.219. The third kappa shape index (κ3) is 3.53. The molecule has 0 unspecified atom stereocenters. The lowest BCUT2D eigenvalue weighted by atomic mass is 10.4. The summed E-state index contributed by atoms with van der Waals surface area (Å²) in [6, 6.07) is 0. The lowest BCUT2D eigenvalue weighted by Gasteiger charge is -2.16. The molecule has 0 N–H and O–H groups in total. The molecule has 0 saturated carbocycles. The molecule has 0 amide bonds. The summed E-state index contributed by atoms with van der Waals surface area (Å²) < 4.78 is 27.0. The number of imidazole rings is 1. The Morgan fingerprint density at radius 1 is 1.12 bits per heavy atom. The average molecular weight is 358 g/mol. The second-order valence-electron chi connectivity index (χ2n) is 5.34. The average Bonchev–Trinajstić information content (AvgIpc) is 2.95. The van der Waals surface area contributed by atoms with Crippen LogP contribution in [0, 0.1) is 0 Å². The molecule has 9 nitrogen and oxygen atoms in total.